The van der Waals surface area contributed by atoms with E-state index in [4.69, 9.17) is 0 Å². The predicted molar refractivity (Wildman–Crippen MR) is 75.6 cm³/mol. The van der Waals surface area contributed by atoms with Crippen molar-refractivity contribution in [1.82, 2.24) is 14.5 Å². The van der Waals surface area contributed by atoms with Gasteiger partial charge in [0.2, 0.25) is 5.91 Å². The Morgan fingerprint density at radius 2 is 2.10 bits per heavy atom. The van der Waals surface area contributed by atoms with Gasteiger partial charge in [0, 0.05) is 18.5 Å². The van der Waals surface area contributed by atoms with Gasteiger partial charge < -0.3 is 14.6 Å². The summed E-state index contributed by atoms with van der Waals surface area (Å²) in [6, 6.07) is 0.0105. The number of piperidine rings is 1. The SMILES string of the molecule is CC(C)n1cncc1C1C(C(=O)O)CCC(=O)N1C1CC1. The number of likely N-dealkylation sites (tertiary alicyclic amines) is 1. The highest BCUT2D eigenvalue weighted by atomic mass is 16.4. The van der Waals surface area contributed by atoms with Gasteiger partial charge in [-0.1, -0.05) is 0 Å². The van der Waals surface area contributed by atoms with Crippen LogP contribution in [0, 0.1) is 5.92 Å². The molecule has 21 heavy (non-hydrogen) atoms. The number of aliphatic carboxylic acids is 1. The summed E-state index contributed by atoms with van der Waals surface area (Å²) in [6.45, 7) is 4.07. The lowest BCUT2D eigenvalue weighted by Crippen LogP contribution is -2.47. The van der Waals surface area contributed by atoms with Gasteiger partial charge in [0.05, 0.1) is 30.2 Å². The van der Waals surface area contributed by atoms with E-state index >= 15 is 0 Å². The zero-order valence-electron chi connectivity index (χ0n) is 12.4. The fraction of sp³-hybridized carbons (Fsp3) is 0.667. The second-order valence-electron chi connectivity index (χ2n) is 6.28. The molecule has 0 spiro atoms. The van der Waals surface area contributed by atoms with Crippen molar-refractivity contribution in [3.8, 4) is 0 Å². The van der Waals surface area contributed by atoms with Gasteiger partial charge in [-0.15, -0.1) is 0 Å². The number of carboxylic acids is 1. The summed E-state index contributed by atoms with van der Waals surface area (Å²) < 4.78 is 1.98. The molecule has 1 aromatic rings. The first kappa shape index (κ1) is 14.1. The topological polar surface area (TPSA) is 75.4 Å². The summed E-state index contributed by atoms with van der Waals surface area (Å²) >= 11 is 0. The molecule has 3 rings (SSSR count). The molecular formula is C15H21N3O3. The highest BCUT2D eigenvalue weighted by Crippen LogP contribution is 2.43. The summed E-state index contributed by atoms with van der Waals surface area (Å²) in [6.07, 6.45) is 6.14. The highest BCUT2D eigenvalue weighted by Gasteiger charge is 2.47. The minimum Gasteiger partial charge on any atom is -0.481 e. The van der Waals surface area contributed by atoms with Crippen LogP contribution in [0.1, 0.15) is 57.3 Å². The first-order chi connectivity index (χ1) is 10.0. The number of carbonyl (C=O) groups excluding carboxylic acids is 1. The zero-order valence-corrected chi connectivity index (χ0v) is 12.4. The van der Waals surface area contributed by atoms with Gasteiger partial charge in [-0.2, -0.15) is 0 Å². The average molecular weight is 291 g/mol. The Morgan fingerprint density at radius 3 is 2.67 bits per heavy atom. The average Bonchev–Trinajstić information content (AvgIpc) is 3.13. The molecular weight excluding hydrogens is 270 g/mol. The van der Waals surface area contributed by atoms with E-state index in [9.17, 15) is 14.7 Å². The molecule has 6 heteroatoms. The molecule has 1 aromatic heterocycles. The molecule has 114 valence electrons. The third-order valence-corrected chi connectivity index (χ3v) is 4.45. The van der Waals surface area contributed by atoms with Crippen molar-refractivity contribution in [3.63, 3.8) is 0 Å². The summed E-state index contributed by atoms with van der Waals surface area (Å²) in [7, 11) is 0. The minimum absolute atomic E-state index is 0.0801. The monoisotopic (exact) mass is 291 g/mol. The number of amides is 1. The lowest BCUT2D eigenvalue weighted by molar-refractivity contribution is -0.152. The third-order valence-electron chi connectivity index (χ3n) is 4.45. The van der Waals surface area contributed by atoms with E-state index in [-0.39, 0.29) is 24.0 Å². The quantitative estimate of drug-likeness (QED) is 0.920. The van der Waals surface area contributed by atoms with Crippen LogP contribution in [0.3, 0.4) is 0 Å². The molecule has 0 radical (unpaired) electrons. The van der Waals surface area contributed by atoms with Crippen molar-refractivity contribution in [2.45, 2.75) is 57.7 Å². The van der Waals surface area contributed by atoms with Crippen molar-refractivity contribution in [3.05, 3.63) is 18.2 Å². The van der Waals surface area contributed by atoms with E-state index in [0.29, 0.717) is 12.8 Å². The number of carboxylic acid groups (broad SMARTS) is 1. The molecule has 2 atom stereocenters. The number of hydrogen-bond acceptors (Lipinski definition) is 3. The Bertz CT molecular complexity index is 562. The normalized spacial score (nSPS) is 26.4. The fourth-order valence-electron chi connectivity index (χ4n) is 3.28. The van der Waals surface area contributed by atoms with Gasteiger partial charge in [0.15, 0.2) is 0 Å². The largest absolute Gasteiger partial charge is 0.481 e. The van der Waals surface area contributed by atoms with Gasteiger partial charge >= 0.3 is 5.97 Å². The molecule has 1 N–H and O–H groups in total. The van der Waals surface area contributed by atoms with Crippen LogP contribution in [-0.4, -0.2) is 37.5 Å². The van der Waals surface area contributed by atoms with E-state index in [2.05, 4.69) is 4.98 Å². The Morgan fingerprint density at radius 1 is 1.38 bits per heavy atom. The molecule has 6 nitrogen and oxygen atoms in total. The standard InChI is InChI=1S/C15H21N3O3/c1-9(2)17-8-16-7-12(17)14-11(15(20)21)5-6-13(19)18(14)10-3-4-10/h7-11,14H,3-6H2,1-2H3,(H,20,21). The first-order valence-corrected chi connectivity index (χ1v) is 7.56. The van der Waals surface area contributed by atoms with Crippen LogP contribution in [0.2, 0.25) is 0 Å². The van der Waals surface area contributed by atoms with Crippen LogP contribution in [0.4, 0.5) is 0 Å². The molecule has 0 aromatic carbocycles. The Hall–Kier alpha value is -1.85. The van der Waals surface area contributed by atoms with Gasteiger partial charge in [0.1, 0.15) is 0 Å². The summed E-state index contributed by atoms with van der Waals surface area (Å²) in [5, 5.41) is 9.58. The van der Waals surface area contributed by atoms with Gasteiger partial charge in [-0.3, -0.25) is 9.59 Å². The molecule has 2 heterocycles. The van der Waals surface area contributed by atoms with Crippen molar-refractivity contribution < 1.29 is 14.7 Å². The maximum atomic E-state index is 12.3. The number of rotatable bonds is 4. The lowest BCUT2D eigenvalue weighted by Gasteiger charge is -2.40. The van der Waals surface area contributed by atoms with Crippen LogP contribution in [-0.2, 0) is 9.59 Å². The van der Waals surface area contributed by atoms with E-state index in [1.54, 1.807) is 12.5 Å². The highest BCUT2D eigenvalue weighted by molar-refractivity contribution is 5.82. The second kappa shape index (κ2) is 5.16. The van der Waals surface area contributed by atoms with Crippen molar-refractivity contribution in [2.24, 2.45) is 5.92 Å². The zero-order chi connectivity index (χ0) is 15.1. The molecule has 0 bridgehead atoms. The number of hydrogen-bond donors (Lipinski definition) is 1. The second-order valence-corrected chi connectivity index (χ2v) is 6.28. The van der Waals surface area contributed by atoms with E-state index in [0.717, 1.165) is 18.5 Å². The van der Waals surface area contributed by atoms with Crippen LogP contribution in [0.15, 0.2) is 12.5 Å². The Kier molecular flexibility index (Phi) is 3.47. The smallest absolute Gasteiger partial charge is 0.309 e. The van der Waals surface area contributed by atoms with E-state index < -0.39 is 11.9 Å². The summed E-state index contributed by atoms with van der Waals surface area (Å²) in [5.41, 5.74) is 0.845. The molecule has 2 fully saturated rings. The number of nitrogens with zero attached hydrogens (tertiary/aromatic N) is 3. The third kappa shape index (κ3) is 2.43. The van der Waals surface area contributed by atoms with Crippen molar-refractivity contribution in [1.29, 1.82) is 0 Å². The molecule has 1 amide bonds. The first-order valence-electron chi connectivity index (χ1n) is 7.56. The number of aromatic nitrogens is 2. The maximum absolute atomic E-state index is 12.3. The van der Waals surface area contributed by atoms with Gasteiger partial charge in [-0.25, -0.2) is 4.98 Å². The van der Waals surface area contributed by atoms with Crippen LogP contribution in [0.5, 0.6) is 0 Å². The van der Waals surface area contributed by atoms with Gasteiger partial charge in [-0.05, 0) is 33.1 Å². The Balaban J connectivity index is 2.04. The molecule has 1 saturated carbocycles. The Labute approximate surface area is 123 Å². The molecule has 2 unspecified atom stereocenters. The van der Waals surface area contributed by atoms with Crippen molar-refractivity contribution in [2.75, 3.05) is 0 Å². The molecule has 1 saturated heterocycles. The number of imidazole rings is 1. The number of carbonyl (C=O) groups is 2. The van der Waals surface area contributed by atoms with Crippen LogP contribution < -0.4 is 0 Å². The summed E-state index contributed by atoms with van der Waals surface area (Å²) in [4.78, 5) is 30.0. The predicted octanol–water partition coefficient (Wildman–Crippen LogP) is 1.99. The van der Waals surface area contributed by atoms with E-state index in [1.807, 2.05) is 23.3 Å². The lowest BCUT2D eigenvalue weighted by atomic mass is 9.86. The molecule has 1 aliphatic carbocycles. The molecule has 2 aliphatic rings. The van der Waals surface area contributed by atoms with Crippen LogP contribution in [0.25, 0.3) is 0 Å². The van der Waals surface area contributed by atoms with Gasteiger partial charge in [0.25, 0.3) is 0 Å². The summed E-state index contributed by atoms with van der Waals surface area (Å²) in [5.74, 6) is -1.29. The van der Waals surface area contributed by atoms with Crippen molar-refractivity contribution >= 4 is 11.9 Å². The van der Waals surface area contributed by atoms with Crippen LogP contribution >= 0.6 is 0 Å². The molecule has 1 aliphatic heterocycles. The maximum Gasteiger partial charge on any atom is 0.309 e. The fourth-order valence-corrected chi connectivity index (χ4v) is 3.28. The minimum atomic E-state index is -0.824. The van der Waals surface area contributed by atoms with E-state index in [1.165, 1.54) is 0 Å².